The van der Waals surface area contributed by atoms with Crippen molar-refractivity contribution in [2.24, 2.45) is 7.05 Å². The van der Waals surface area contributed by atoms with Gasteiger partial charge in [0.25, 0.3) is 0 Å². The Morgan fingerprint density at radius 2 is 1.90 bits per heavy atom. The second kappa shape index (κ2) is 5.79. The van der Waals surface area contributed by atoms with E-state index in [9.17, 15) is 0 Å². The average Bonchev–Trinajstić information content (AvgIpc) is 2.94. The van der Waals surface area contributed by atoms with E-state index in [1.54, 1.807) is 6.20 Å². The third kappa shape index (κ3) is 2.94. The maximum absolute atomic E-state index is 4.57. The molecule has 1 N–H and O–H groups in total. The number of aryl methyl sites for hydroxylation is 2. The first kappa shape index (κ1) is 13.4. The predicted octanol–water partition coefficient (Wildman–Crippen LogP) is 3.79. The average molecular weight is 278 g/mol. The second-order valence-corrected chi connectivity index (χ2v) is 4.95. The van der Waals surface area contributed by atoms with Crippen LogP contribution in [-0.2, 0) is 13.5 Å². The van der Waals surface area contributed by atoms with Crippen molar-refractivity contribution in [3.05, 3.63) is 60.4 Å². The molecule has 3 aromatic rings. The van der Waals surface area contributed by atoms with Crippen LogP contribution in [0.15, 0.2) is 54.9 Å². The van der Waals surface area contributed by atoms with E-state index < -0.39 is 0 Å². The summed E-state index contributed by atoms with van der Waals surface area (Å²) in [5.74, 6) is 0.609. The molecule has 106 valence electrons. The molecule has 21 heavy (non-hydrogen) atoms. The Hall–Kier alpha value is -2.62. The number of rotatable bonds is 4. The SMILES string of the molecule is CCc1ccc(Nc2nccc(-c3cccn3C)n2)cc1. The molecule has 0 saturated heterocycles. The molecule has 3 rings (SSSR count). The van der Waals surface area contributed by atoms with Crippen molar-refractivity contribution >= 4 is 11.6 Å². The van der Waals surface area contributed by atoms with Gasteiger partial charge in [-0.1, -0.05) is 19.1 Å². The van der Waals surface area contributed by atoms with Crippen LogP contribution in [0, 0.1) is 0 Å². The fraction of sp³-hybridized carbons (Fsp3) is 0.176. The summed E-state index contributed by atoms with van der Waals surface area (Å²) in [6.45, 7) is 2.15. The Kier molecular flexibility index (Phi) is 3.69. The highest BCUT2D eigenvalue weighted by Crippen LogP contribution is 2.19. The molecule has 0 atom stereocenters. The van der Waals surface area contributed by atoms with E-state index >= 15 is 0 Å². The molecule has 0 aliphatic rings. The molecule has 0 fully saturated rings. The zero-order chi connectivity index (χ0) is 14.7. The monoisotopic (exact) mass is 278 g/mol. The van der Waals surface area contributed by atoms with Crippen LogP contribution in [0.4, 0.5) is 11.6 Å². The minimum absolute atomic E-state index is 0.609. The lowest BCUT2D eigenvalue weighted by Crippen LogP contribution is -1.99. The number of hydrogen-bond acceptors (Lipinski definition) is 3. The zero-order valence-corrected chi connectivity index (χ0v) is 12.2. The van der Waals surface area contributed by atoms with Crippen LogP contribution < -0.4 is 5.32 Å². The number of anilines is 2. The standard InChI is InChI=1S/C17H18N4/c1-3-13-6-8-14(9-7-13)19-17-18-11-10-15(20-17)16-5-4-12-21(16)2/h4-12H,3H2,1-2H3,(H,18,19,20). The summed E-state index contributed by atoms with van der Waals surface area (Å²) < 4.78 is 2.04. The fourth-order valence-electron chi connectivity index (χ4n) is 2.24. The van der Waals surface area contributed by atoms with E-state index in [1.807, 2.05) is 36.0 Å². The predicted molar refractivity (Wildman–Crippen MR) is 85.5 cm³/mol. The third-order valence-corrected chi connectivity index (χ3v) is 3.48. The van der Waals surface area contributed by atoms with Gasteiger partial charge < -0.3 is 9.88 Å². The first-order chi connectivity index (χ1) is 10.3. The van der Waals surface area contributed by atoms with Gasteiger partial charge in [-0.15, -0.1) is 0 Å². The molecule has 0 aliphatic carbocycles. The van der Waals surface area contributed by atoms with Gasteiger partial charge in [-0.3, -0.25) is 0 Å². The highest BCUT2D eigenvalue weighted by Gasteiger charge is 2.05. The molecule has 0 unspecified atom stereocenters. The first-order valence-electron chi connectivity index (χ1n) is 7.07. The summed E-state index contributed by atoms with van der Waals surface area (Å²) in [6, 6.07) is 14.3. The van der Waals surface area contributed by atoms with Crippen LogP contribution in [0.1, 0.15) is 12.5 Å². The van der Waals surface area contributed by atoms with Gasteiger partial charge in [0.1, 0.15) is 0 Å². The van der Waals surface area contributed by atoms with Crippen LogP contribution in [0.3, 0.4) is 0 Å². The molecule has 0 saturated carbocycles. The van der Waals surface area contributed by atoms with Crippen LogP contribution in [0.25, 0.3) is 11.4 Å². The van der Waals surface area contributed by atoms with Crippen molar-refractivity contribution in [3.63, 3.8) is 0 Å². The van der Waals surface area contributed by atoms with Gasteiger partial charge >= 0.3 is 0 Å². The summed E-state index contributed by atoms with van der Waals surface area (Å²) in [5, 5.41) is 3.25. The third-order valence-electron chi connectivity index (χ3n) is 3.48. The molecule has 4 nitrogen and oxygen atoms in total. The second-order valence-electron chi connectivity index (χ2n) is 4.95. The summed E-state index contributed by atoms with van der Waals surface area (Å²) in [4.78, 5) is 8.86. The van der Waals surface area contributed by atoms with Gasteiger partial charge in [0.15, 0.2) is 0 Å². The van der Waals surface area contributed by atoms with Gasteiger partial charge in [-0.05, 0) is 42.3 Å². The summed E-state index contributed by atoms with van der Waals surface area (Å²) in [5.41, 5.74) is 4.29. The number of aromatic nitrogens is 3. The minimum Gasteiger partial charge on any atom is -0.349 e. The number of benzene rings is 1. The van der Waals surface area contributed by atoms with E-state index in [-0.39, 0.29) is 0 Å². The lowest BCUT2D eigenvalue weighted by molar-refractivity contribution is 0.929. The Labute approximate surface area is 124 Å². The van der Waals surface area contributed by atoms with Gasteiger partial charge in [0.2, 0.25) is 5.95 Å². The quantitative estimate of drug-likeness (QED) is 0.789. The smallest absolute Gasteiger partial charge is 0.227 e. The molecular formula is C17H18N4. The van der Waals surface area contributed by atoms with E-state index in [4.69, 9.17) is 0 Å². The highest BCUT2D eigenvalue weighted by molar-refractivity contribution is 5.59. The summed E-state index contributed by atoms with van der Waals surface area (Å²) in [7, 11) is 2.01. The van der Waals surface area contributed by atoms with E-state index in [0.29, 0.717) is 5.95 Å². The Morgan fingerprint density at radius 1 is 1.10 bits per heavy atom. The Bertz CT molecular complexity index is 729. The molecule has 0 radical (unpaired) electrons. The topological polar surface area (TPSA) is 42.7 Å². The van der Waals surface area contributed by atoms with E-state index in [0.717, 1.165) is 23.5 Å². The lowest BCUT2D eigenvalue weighted by atomic mass is 10.1. The van der Waals surface area contributed by atoms with Gasteiger partial charge in [0, 0.05) is 25.1 Å². The van der Waals surface area contributed by atoms with Gasteiger partial charge in [-0.2, -0.15) is 0 Å². The highest BCUT2D eigenvalue weighted by atomic mass is 15.1. The van der Waals surface area contributed by atoms with Crippen LogP contribution in [0.5, 0.6) is 0 Å². The Morgan fingerprint density at radius 3 is 2.57 bits per heavy atom. The van der Waals surface area contributed by atoms with Crippen molar-refractivity contribution in [3.8, 4) is 11.4 Å². The van der Waals surface area contributed by atoms with Crippen molar-refractivity contribution in [1.29, 1.82) is 0 Å². The Balaban J connectivity index is 1.84. The van der Waals surface area contributed by atoms with Gasteiger partial charge in [-0.25, -0.2) is 9.97 Å². The molecule has 2 aromatic heterocycles. The number of nitrogens with one attached hydrogen (secondary N) is 1. The first-order valence-corrected chi connectivity index (χ1v) is 7.07. The largest absolute Gasteiger partial charge is 0.349 e. The summed E-state index contributed by atoms with van der Waals surface area (Å²) in [6.07, 6.45) is 4.83. The summed E-state index contributed by atoms with van der Waals surface area (Å²) >= 11 is 0. The molecule has 0 aliphatic heterocycles. The van der Waals surface area contributed by atoms with Crippen molar-refractivity contribution in [1.82, 2.24) is 14.5 Å². The van der Waals surface area contributed by atoms with E-state index in [1.165, 1.54) is 5.56 Å². The van der Waals surface area contributed by atoms with Crippen LogP contribution >= 0.6 is 0 Å². The van der Waals surface area contributed by atoms with Crippen LogP contribution in [0.2, 0.25) is 0 Å². The molecule has 1 aromatic carbocycles. The van der Waals surface area contributed by atoms with Crippen molar-refractivity contribution < 1.29 is 0 Å². The molecule has 0 bridgehead atoms. The van der Waals surface area contributed by atoms with Crippen molar-refractivity contribution in [2.45, 2.75) is 13.3 Å². The zero-order valence-electron chi connectivity index (χ0n) is 12.2. The maximum atomic E-state index is 4.57. The number of hydrogen-bond donors (Lipinski definition) is 1. The normalized spacial score (nSPS) is 10.6. The van der Waals surface area contributed by atoms with Gasteiger partial charge in [0.05, 0.1) is 11.4 Å². The molecule has 0 spiro atoms. The van der Waals surface area contributed by atoms with Crippen molar-refractivity contribution in [2.75, 3.05) is 5.32 Å². The minimum atomic E-state index is 0.609. The lowest BCUT2D eigenvalue weighted by Gasteiger charge is -2.08. The molecule has 2 heterocycles. The molecule has 4 heteroatoms. The molecular weight excluding hydrogens is 260 g/mol. The molecule has 0 amide bonds. The van der Waals surface area contributed by atoms with E-state index in [2.05, 4.69) is 46.5 Å². The fourth-order valence-corrected chi connectivity index (χ4v) is 2.24. The van der Waals surface area contributed by atoms with Crippen LogP contribution in [-0.4, -0.2) is 14.5 Å². The number of nitrogens with zero attached hydrogens (tertiary/aromatic N) is 3. The maximum Gasteiger partial charge on any atom is 0.227 e.